The Morgan fingerprint density at radius 2 is 2.19 bits per heavy atom. The zero-order valence-corrected chi connectivity index (χ0v) is 13.5. The Bertz CT molecular complexity index is 632. The zero-order chi connectivity index (χ0) is 15.6. The highest BCUT2D eigenvalue weighted by Gasteiger charge is 2.30. The van der Waals surface area contributed by atoms with Crippen LogP contribution in [0.1, 0.15) is 17.3 Å². The number of sulfone groups is 1. The summed E-state index contributed by atoms with van der Waals surface area (Å²) in [5.74, 6) is 0.117. The lowest BCUT2D eigenvalue weighted by Gasteiger charge is -2.37. The number of ether oxygens (including phenoxy) is 1. The van der Waals surface area contributed by atoms with Gasteiger partial charge in [0.2, 0.25) is 0 Å². The van der Waals surface area contributed by atoms with Crippen molar-refractivity contribution in [3.05, 3.63) is 29.8 Å². The van der Waals surface area contributed by atoms with E-state index < -0.39 is 9.84 Å². The van der Waals surface area contributed by atoms with Gasteiger partial charge in [-0.25, -0.2) is 8.42 Å². The minimum Gasteiger partial charge on any atom is -0.373 e. The summed E-state index contributed by atoms with van der Waals surface area (Å²) < 4.78 is 28.7. The van der Waals surface area contributed by atoms with Crippen LogP contribution in [-0.2, 0) is 14.6 Å². The monoisotopic (exact) mass is 331 g/mol. The molecule has 1 saturated heterocycles. The lowest BCUT2D eigenvalue weighted by Crippen LogP contribution is -2.51. The number of alkyl halides is 1. The Hall–Kier alpha value is -1.11. The van der Waals surface area contributed by atoms with Gasteiger partial charge < -0.3 is 9.64 Å². The molecular formula is C14H18ClNO4S. The Morgan fingerprint density at radius 3 is 2.81 bits per heavy atom. The molecule has 0 saturated carbocycles. The molecule has 1 aromatic carbocycles. The van der Waals surface area contributed by atoms with E-state index in [1.807, 2.05) is 6.92 Å². The molecule has 2 rings (SSSR count). The average molecular weight is 332 g/mol. The van der Waals surface area contributed by atoms with Crippen LogP contribution in [-0.4, -0.2) is 56.7 Å². The summed E-state index contributed by atoms with van der Waals surface area (Å²) in [6, 6.07) is 6.02. The lowest BCUT2D eigenvalue weighted by molar-refractivity contribution is -0.0371. The fourth-order valence-electron chi connectivity index (χ4n) is 2.22. The molecule has 2 unspecified atom stereocenters. The number of carbonyl (C=O) groups excluding carboxylic acids is 1. The summed E-state index contributed by atoms with van der Waals surface area (Å²) in [5.41, 5.74) is 0.361. The third-order valence-electron chi connectivity index (χ3n) is 3.45. The molecule has 1 heterocycles. The van der Waals surface area contributed by atoms with Crippen LogP contribution in [0.3, 0.4) is 0 Å². The molecule has 0 N–H and O–H groups in total. The van der Waals surface area contributed by atoms with Crippen LogP contribution in [0.5, 0.6) is 0 Å². The normalized spacial score (nSPS) is 23.1. The van der Waals surface area contributed by atoms with Crippen molar-refractivity contribution in [3.63, 3.8) is 0 Å². The fraction of sp³-hybridized carbons (Fsp3) is 0.500. The van der Waals surface area contributed by atoms with Crippen molar-refractivity contribution in [1.29, 1.82) is 0 Å². The van der Waals surface area contributed by atoms with Gasteiger partial charge in [-0.3, -0.25) is 4.79 Å². The second kappa shape index (κ2) is 6.34. The van der Waals surface area contributed by atoms with Crippen LogP contribution in [0.25, 0.3) is 0 Å². The number of nitrogens with zero attached hydrogens (tertiary/aromatic N) is 1. The molecular weight excluding hydrogens is 314 g/mol. The number of carbonyl (C=O) groups is 1. The maximum atomic E-state index is 12.6. The average Bonchev–Trinajstić information content (AvgIpc) is 2.46. The predicted molar refractivity (Wildman–Crippen MR) is 80.5 cm³/mol. The molecule has 0 radical (unpaired) electrons. The van der Waals surface area contributed by atoms with Crippen molar-refractivity contribution < 1.29 is 17.9 Å². The Labute approximate surface area is 129 Å². The van der Waals surface area contributed by atoms with Gasteiger partial charge in [-0.05, 0) is 25.1 Å². The molecule has 7 heteroatoms. The van der Waals surface area contributed by atoms with Crippen molar-refractivity contribution in [2.45, 2.75) is 24.0 Å². The van der Waals surface area contributed by atoms with Crippen molar-refractivity contribution in [3.8, 4) is 0 Å². The van der Waals surface area contributed by atoms with E-state index >= 15 is 0 Å². The highest BCUT2D eigenvalue weighted by atomic mass is 35.5. The van der Waals surface area contributed by atoms with E-state index in [0.29, 0.717) is 24.6 Å². The number of benzene rings is 1. The van der Waals surface area contributed by atoms with Crippen molar-refractivity contribution in [2.75, 3.05) is 25.3 Å². The van der Waals surface area contributed by atoms with Gasteiger partial charge in [0.15, 0.2) is 9.84 Å². The first-order chi connectivity index (χ1) is 9.82. The largest absolute Gasteiger partial charge is 0.373 e. The number of halogens is 1. The molecule has 1 aromatic rings. The topological polar surface area (TPSA) is 63.7 Å². The molecule has 1 fully saturated rings. The molecule has 0 bridgehead atoms. The molecule has 0 spiro atoms. The third kappa shape index (κ3) is 3.75. The van der Waals surface area contributed by atoms with E-state index in [-0.39, 0.29) is 22.9 Å². The summed E-state index contributed by atoms with van der Waals surface area (Å²) in [6.45, 7) is 2.73. The number of amides is 1. The van der Waals surface area contributed by atoms with Gasteiger partial charge in [-0.1, -0.05) is 6.07 Å². The molecule has 21 heavy (non-hydrogen) atoms. The SMILES string of the molecule is CC1COC(CCl)CN1C(=O)c1cccc(S(C)(=O)=O)c1. The van der Waals surface area contributed by atoms with Gasteiger partial charge in [0, 0.05) is 18.4 Å². The summed E-state index contributed by atoms with van der Waals surface area (Å²) in [4.78, 5) is 14.4. The Balaban J connectivity index is 2.27. The van der Waals surface area contributed by atoms with E-state index in [1.165, 1.54) is 12.1 Å². The van der Waals surface area contributed by atoms with Crippen molar-refractivity contribution in [2.24, 2.45) is 0 Å². The minimum atomic E-state index is -3.34. The van der Waals surface area contributed by atoms with Crippen molar-refractivity contribution >= 4 is 27.3 Å². The molecule has 2 atom stereocenters. The number of hydrogen-bond acceptors (Lipinski definition) is 4. The maximum Gasteiger partial charge on any atom is 0.254 e. The fourth-order valence-corrected chi connectivity index (χ4v) is 3.07. The molecule has 0 aromatic heterocycles. The minimum absolute atomic E-state index is 0.0705. The molecule has 1 amide bonds. The van der Waals surface area contributed by atoms with Crippen LogP contribution in [0.15, 0.2) is 29.2 Å². The van der Waals surface area contributed by atoms with Gasteiger partial charge >= 0.3 is 0 Å². The quantitative estimate of drug-likeness (QED) is 0.788. The van der Waals surface area contributed by atoms with E-state index in [1.54, 1.807) is 17.0 Å². The van der Waals surface area contributed by atoms with Crippen LogP contribution in [0.4, 0.5) is 0 Å². The Kier molecular flexibility index (Phi) is 4.91. The molecule has 116 valence electrons. The van der Waals surface area contributed by atoms with Gasteiger partial charge in [0.25, 0.3) is 5.91 Å². The lowest BCUT2D eigenvalue weighted by atomic mass is 10.1. The van der Waals surface area contributed by atoms with Crippen LogP contribution >= 0.6 is 11.6 Å². The second-order valence-electron chi connectivity index (χ2n) is 5.22. The first-order valence-corrected chi connectivity index (χ1v) is 9.04. The van der Waals surface area contributed by atoms with Gasteiger partial charge in [-0.15, -0.1) is 11.6 Å². The number of rotatable bonds is 3. The first-order valence-electron chi connectivity index (χ1n) is 6.61. The Morgan fingerprint density at radius 1 is 1.48 bits per heavy atom. The van der Waals surface area contributed by atoms with Gasteiger partial charge in [-0.2, -0.15) is 0 Å². The third-order valence-corrected chi connectivity index (χ3v) is 4.90. The zero-order valence-electron chi connectivity index (χ0n) is 12.0. The summed E-state index contributed by atoms with van der Waals surface area (Å²) in [5, 5.41) is 0. The second-order valence-corrected chi connectivity index (χ2v) is 7.54. The van der Waals surface area contributed by atoms with E-state index in [2.05, 4.69) is 0 Å². The smallest absolute Gasteiger partial charge is 0.254 e. The van der Waals surface area contributed by atoms with Crippen LogP contribution < -0.4 is 0 Å². The van der Waals surface area contributed by atoms with Crippen LogP contribution in [0, 0.1) is 0 Å². The molecule has 0 aliphatic carbocycles. The highest BCUT2D eigenvalue weighted by molar-refractivity contribution is 7.90. The van der Waals surface area contributed by atoms with Crippen molar-refractivity contribution in [1.82, 2.24) is 4.90 Å². The number of hydrogen-bond donors (Lipinski definition) is 0. The van der Waals surface area contributed by atoms with Crippen LogP contribution in [0.2, 0.25) is 0 Å². The number of morpholine rings is 1. The van der Waals surface area contributed by atoms with Gasteiger partial charge in [0.05, 0.1) is 29.5 Å². The predicted octanol–water partition coefficient (Wildman–Crippen LogP) is 1.56. The summed E-state index contributed by atoms with van der Waals surface area (Å²) >= 11 is 5.79. The van der Waals surface area contributed by atoms with E-state index in [0.717, 1.165) is 6.26 Å². The van der Waals surface area contributed by atoms with Gasteiger partial charge in [0.1, 0.15) is 0 Å². The maximum absolute atomic E-state index is 12.6. The first kappa shape index (κ1) is 16.3. The highest BCUT2D eigenvalue weighted by Crippen LogP contribution is 2.18. The molecule has 1 aliphatic rings. The molecule has 5 nitrogen and oxygen atoms in total. The standard InChI is InChI=1S/C14H18ClNO4S/c1-10-9-20-12(7-15)8-16(10)14(17)11-4-3-5-13(6-11)21(2,18)19/h3-6,10,12H,7-9H2,1-2H3. The molecule has 1 aliphatic heterocycles. The summed E-state index contributed by atoms with van der Waals surface area (Å²) in [6.07, 6.45) is 0.933. The summed E-state index contributed by atoms with van der Waals surface area (Å²) in [7, 11) is -3.34. The van der Waals surface area contributed by atoms with E-state index in [9.17, 15) is 13.2 Å². The van der Waals surface area contributed by atoms with E-state index in [4.69, 9.17) is 16.3 Å².